The molecule has 0 spiro atoms. The molecule has 1 aromatic carbocycles. The van der Waals surface area contributed by atoms with Crippen molar-refractivity contribution >= 4 is 0 Å². The Morgan fingerprint density at radius 1 is 1.40 bits per heavy atom. The Balaban J connectivity index is 2.34. The second-order valence-corrected chi connectivity index (χ2v) is 4.70. The molecule has 2 N–H and O–H groups in total. The molecule has 0 saturated heterocycles. The zero-order chi connectivity index (χ0) is 10.9. The maximum Gasteiger partial charge on any atom is 0.123 e. The fraction of sp³-hybridized carbons (Fsp3) is 0.538. The van der Waals surface area contributed by atoms with Gasteiger partial charge in [-0.2, -0.15) is 0 Å². The Hall–Kier alpha value is -0.890. The summed E-state index contributed by atoms with van der Waals surface area (Å²) in [5.41, 5.74) is 7.06. The molecule has 0 heterocycles. The summed E-state index contributed by atoms with van der Waals surface area (Å²) in [6.45, 7) is 2.17. The third-order valence-corrected chi connectivity index (χ3v) is 3.72. The molecule has 2 rings (SSSR count). The molecule has 2 heteroatoms. The second-order valence-electron chi connectivity index (χ2n) is 4.70. The minimum atomic E-state index is -0.319. The van der Waals surface area contributed by atoms with Crippen molar-refractivity contribution in [3.05, 3.63) is 35.6 Å². The molecular weight excluding hydrogens is 189 g/mol. The number of benzene rings is 1. The molecule has 1 fully saturated rings. The van der Waals surface area contributed by atoms with Crippen LogP contribution in [0.2, 0.25) is 0 Å². The third kappa shape index (κ3) is 1.91. The van der Waals surface area contributed by atoms with Crippen molar-refractivity contribution in [1.29, 1.82) is 0 Å². The van der Waals surface area contributed by atoms with E-state index < -0.39 is 0 Å². The quantitative estimate of drug-likeness (QED) is 0.752. The molecule has 15 heavy (non-hydrogen) atoms. The number of halogens is 1. The molecule has 0 aromatic heterocycles. The molecule has 0 amide bonds. The molecule has 1 unspecified atom stereocenters. The lowest BCUT2D eigenvalue weighted by molar-refractivity contribution is 0.206. The summed E-state index contributed by atoms with van der Waals surface area (Å²) in [5, 5.41) is 0. The van der Waals surface area contributed by atoms with Crippen LogP contribution in [0.5, 0.6) is 0 Å². The zero-order valence-corrected chi connectivity index (χ0v) is 9.17. The van der Waals surface area contributed by atoms with E-state index in [1.807, 2.05) is 6.07 Å². The van der Waals surface area contributed by atoms with Crippen LogP contribution in [-0.4, -0.2) is 0 Å². The zero-order valence-electron chi connectivity index (χ0n) is 9.17. The van der Waals surface area contributed by atoms with Crippen LogP contribution in [0.15, 0.2) is 24.3 Å². The van der Waals surface area contributed by atoms with Crippen molar-refractivity contribution in [1.82, 2.24) is 0 Å². The van der Waals surface area contributed by atoms with E-state index in [1.54, 1.807) is 12.1 Å². The van der Waals surface area contributed by atoms with Gasteiger partial charge in [-0.3, -0.25) is 0 Å². The van der Waals surface area contributed by atoms with Gasteiger partial charge in [0.05, 0.1) is 0 Å². The predicted molar refractivity (Wildman–Crippen MR) is 59.9 cm³/mol. The van der Waals surface area contributed by atoms with Crippen LogP contribution >= 0.6 is 0 Å². The SMILES string of the molecule is CC1CCCC[C@@]1(N)c1cccc(F)c1. The Morgan fingerprint density at radius 3 is 2.87 bits per heavy atom. The van der Waals surface area contributed by atoms with E-state index >= 15 is 0 Å². The Bertz CT molecular complexity index is 350. The topological polar surface area (TPSA) is 26.0 Å². The van der Waals surface area contributed by atoms with E-state index in [2.05, 4.69) is 6.92 Å². The van der Waals surface area contributed by atoms with Gasteiger partial charge in [-0.1, -0.05) is 31.9 Å². The van der Waals surface area contributed by atoms with Crippen molar-refractivity contribution in [2.75, 3.05) is 0 Å². The fourth-order valence-corrected chi connectivity index (χ4v) is 2.58. The first kappa shape index (κ1) is 10.6. The Morgan fingerprint density at radius 2 is 2.20 bits per heavy atom. The van der Waals surface area contributed by atoms with Crippen LogP contribution in [0.1, 0.15) is 38.2 Å². The largest absolute Gasteiger partial charge is 0.321 e. The summed E-state index contributed by atoms with van der Waals surface area (Å²) in [6.07, 6.45) is 4.51. The average Bonchev–Trinajstić information content (AvgIpc) is 2.23. The molecule has 0 bridgehead atoms. The molecule has 0 aliphatic heterocycles. The van der Waals surface area contributed by atoms with Gasteiger partial charge in [0.1, 0.15) is 5.82 Å². The first-order chi connectivity index (χ1) is 7.13. The lowest BCUT2D eigenvalue weighted by Gasteiger charge is -2.40. The molecule has 0 radical (unpaired) electrons. The van der Waals surface area contributed by atoms with E-state index in [9.17, 15) is 4.39 Å². The Labute approximate surface area is 90.5 Å². The monoisotopic (exact) mass is 207 g/mol. The standard InChI is InChI=1S/C13H18FN/c1-10-5-2-3-8-13(10,15)11-6-4-7-12(14)9-11/h4,6-7,9-10H,2-3,5,8,15H2,1H3/t10?,13-/m0/s1. The van der Waals surface area contributed by atoms with Gasteiger partial charge in [0, 0.05) is 5.54 Å². The Kier molecular flexibility index (Phi) is 2.79. The van der Waals surface area contributed by atoms with Gasteiger partial charge < -0.3 is 5.73 Å². The molecule has 1 aromatic rings. The first-order valence-electron chi connectivity index (χ1n) is 5.68. The van der Waals surface area contributed by atoms with Crippen LogP contribution in [0.4, 0.5) is 4.39 Å². The van der Waals surface area contributed by atoms with Crippen molar-refractivity contribution in [3.8, 4) is 0 Å². The van der Waals surface area contributed by atoms with Crippen LogP contribution in [0, 0.1) is 11.7 Å². The van der Waals surface area contributed by atoms with Crippen molar-refractivity contribution < 1.29 is 4.39 Å². The maximum absolute atomic E-state index is 13.2. The van der Waals surface area contributed by atoms with Crippen LogP contribution in [0.3, 0.4) is 0 Å². The highest BCUT2D eigenvalue weighted by Gasteiger charge is 2.35. The maximum atomic E-state index is 13.2. The summed E-state index contributed by atoms with van der Waals surface area (Å²) < 4.78 is 13.2. The van der Waals surface area contributed by atoms with Crippen LogP contribution in [0.25, 0.3) is 0 Å². The lowest BCUT2D eigenvalue weighted by atomic mass is 9.70. The summed E-state index contributed by atoms with van der Waals surface area (Å²) in [4.78, 5) is 0. The summed E-state index contributed by atoms with van der Waals surface area (Å²) in [7, 11) is 0. The minimum Gasteiger partial charge on any atom is -0.321 e. The minimum absolute atomic E-state index is 0.185. The first-order valence-corrected chi connectivity index (χ1v) is 5.68. The van der Waals surface area contributed by atoms with E-state index in [1.165, 1.54) is 12.5 Å². The van der Waals surface area contributed by atoms with E-state index in [-0.39, 0.29) is 11.4 Å². The smallest absolute Gasteiger partial charge is 0.123 e. The van der Waals surface area contributed by atoms with Gasteiger partial charge in [-0.15, -0.1) is 0 Å². The highest BCUT2D eigenvalue weighted by molar-refractivity contribution is 5.26. The summed E-state index contributed by atoms with van der Waals surface area (Å²) in [5.74, 6) is 0.253. The van der Waals surface area contributed by atoms with Gasteiger partial charge in [0.2, 0.25) is 0 Å². The molecule has 2 atom stereocenters. The number of hydrogen-bond donors (Lipinski definition) is 1. The fourth-order valence-electron chi connectivity index (χ4n) is 2.58. The number of nitrogens with two attached hydrogens (primary N) is 1. The molecule has 1 aliphatic carbocycles. The average molecular weight is 207 g/mol. The van der Waals surface area contributed by atoms with Gasteiger partial charge >= 0.3 is 0 Å². The molecule has 1 nitrogen and oxygen atoms in total. The highest BCUT2D eigenvalue weighted by atomic mass is 19.1. The van der Waals surface area contributed by atoms with Crippen LogP contribution in [-0.2, 0) is 5.54 Å². The normalized spacial score (nSPS) is 31.5. The summed E-state index contributed by atoms with van der Waals surface area (Å²) >= 11 is 0. The van der Waals surface area contributed by atoms with Gasteiger partial charge in [-0.05, 0) is 36.5 Å². The van der Waals surface area contributed by atoms with Crippen molar-refractivity contribution in [2.24, 2.45) is 11.7 Å². The molecule has 1 aliphatic rings. The van der Waals surface area contributed by atoms with E-state index in [0.717, 1.165) is 24.8 Å². The van der Waals surface area contributed by atoms with Gasteiger partial charge in [0.15, 0.2) is 0 Å². The van der Waals surface area contributed by atoms with Crippen molar-refractivity contribution in [3.63, 3.8) is 0 Å². The second kappa shape index (κ2) is 3.93. The van der Waals surface area contributed by atoms with E-state index in [0.29, 0.717) is 5.92 Å². The number of rotatable bonds is 1. The molecule has 1 saturated carbocycles. The van der Waals surface area contributed by atoms with Gasteiger partial charge in [-0.25, -0.2) is 4.39 Å². The molecule has 82 valence electrons. The summed E-state index contributed by atoms with van der Waals surface area (Å²) in [6, 6.07) is 6.76. The molecular formula is C13H18FN. The third-order valence-electron chi connectivity index (χ3n) is 3.72. The van der Waals surface area contributed by atoms with Gasteiger partial charge in [0.25, 0.3) is 0 Å². The number of hydrogen-bond acceptors (Lipinski definition) is 1. The van der Waals surface area contributed by atoms with Crippen molar-refractivity contribution in [2.45, 2.75) is 38.1 Å². The van der Waals surface area contributed by atoms with E-state index in [4.69, 9.17) is 5.73 Å². The lowest BCUT2D eigenvalue weighted by Crippen LogP contribution is -2.45. The van der Waals surface area contributed by atoms with Crippen LogP contribution < -0.4 is 5.73 Å². The highest BCUT2D eigenvalue weighted by Crippen LogP contribution is 2.39. The predicted octanol–water partition coefficient (Wildman–Crippen LogP) is 3.19.